The Morgan fingerprint density at radius 3 is 2.85 bits per heavy atom. The average molecular weight is 291 g/mol. The van der Waals surface area contributed by atoms with Gasteiger partial charge in [-0.05, 0) is 19.1 Å². The molecule has 0 saturated heterocycles. The molecule has 2 heterocycles. The molecule has 1 amide bonds. The first-order valence-electron chi connectivity index (χ1n) is 5.90. The predicted octanol–water partition coefficient (Wildman–Crippen LogP) is 1.40. The number of hydrogen-bond acceptors (Lipinski definition) is 5. The summed E-state index contributed by atoms with van der Waals surface area (Å²) in [4.78, 5) is 30.8. The maximum atomic E-state index is 11.7. The summed E-state index contributed by atoms with van der Waals surface area (Å²) in [6, 6.07) is 2.85. The molecule has 2 N–H and O–H groups in total. The summed E-state index contributed by atoms with van der Waals surface area (Å²) < 4.78 is 0. The number of aromatic carboxylic acids is 1. The molecule has 0 unspecified atom stereocenters. The number of hydrogen-bond donors (Lipinski definition) is 2. The molecule has 2 aromatic rings. The van der Waals surface area contributed by atoms with Gasteiger partial charge in [-0.15, -0.1) is 11.3 Å². The van der Waals surface area contributed by atoms with Gasteiger partial charge in [-0.1, -0.05) is 0 Å². The van der Waals surface area contributed by atoms with E-state index in [0.717, 1.165) is 10.7 Å². The van der Waals surface area contributed by atoms with Gasteiger partial charge < -0.3 is 10.4 Å². The third-order valence-corrected chi connectivity index (χ3v) is 3.36. The van der Waals surface area contributed by atoms with E-state index >= 15 is 0 Å². The number of amides is 1. The number of nitrogens with one attached hydrogen (secondary N) is 1. The van der Waals surface area contributed by atoms with Crippen LogP contribution in [0.25, 0.3) is 0 Å². The second-order valence-electron chi connectivity index (χ2n) is 4.15. The van der Waals surface area contributed by atoms with Crippen LogP contribution in [0, 0.1) is 6.92 Å². The highest BCUT2D eigenvalue weighted by Gasteiger charge is 2.08. The van der Waals surface area contributed by atoms with Crippen molar-refractivity contribution >= 4 is 23.2 Å². The average Bonchev–Trinajstić information content (AvgIpc) is 2.82. The molecule has 6 nitrogen and oxygen atoms in total. The zero-order valence-electron chi connectivity index (χ0n) is 10.8. The van der Waals surface area contributed by atoms with E-state index in [1.54, 1.807) is 0 Å². The Morgan fingerprint density at radius 2 is 2.20 bits per heavy atom. The van der Waals surface area contributed by atoms with Gasteiger partial charge in [0, 0.05) is 11.6 Å². The lowest BCUT2D eigenvalue weighted by Gasteiger charge is -2.04. The normalized spacial score (nSPS) is 10.2. The number of carbonyl (C=O) groups excluding carboxylic acids is 1. The lowest BCUT2D eigenvalue weighted by molar-refractivity contribution is -0.120. The Balaban J connectivity index is 1.90. The van der Waals surface area contributed by atoms with E-state index in [4.69, 9.17) is 5.11 Å². The minimum atomic E-state index is -1.02. The van der Waals surface area contributed by atoms with Crippen LogP contribution in [0.5, 0.6) is 0 Å². The van der Waals surface area contributed by atoms with Gasteiger partial charge >= 0.3 is 5.97 Å². The SMILES string of the molecule is Cc1nc(CC(=O)NCc2cc(C(=O)O)ccn2)cs1. The van der Waals surface area contributed by atoms with E-state index in [0.29, 0.717) is 5.69 Å². The number of nitrogens with zero attached hydrogens (tertiary/aromatic N) is 2. The van der Waals surface area contributed by atoms with Crippen LogP contribution in [0.15, 0.2) is 23.7 Å². The summed E-state index contributed by atoms with van der Waals surface area (Å²) in [7, 11) is 0. The van der Waals surface area contributed by atoms with Gasteiger partial charge in [-0.25, -0.2) is 9.78 Å². The van der Waals surface area contributed by atoms with Crippen molar-refractivity contribution in [3.8, 4) is 0 Å². The molecule has 0 bridgehead atoms. The Kier molecular flexibility index (Phi) is 4.41. The zero-order valence-corrected chi connectivity index (χ0v) is 11.6. The summed E-state index contributed by atoms with van der Waals surface area (Å²) in [6.07, 6.45) is 1.62. The van der Waals surface area contributed by atoms with E-state index in [2.05, 4.69) is 15.3 Å². The van der Waals surface area contributed by atoms with Crippen molar-refractivity contribution in [3.63, 3.8) is 0 Å². The fourth-order valence-electron chi connectivity index (χ4n) is 1.61. The quantitative estimate of drug-likeness (QED) is 0.868. The molecule has 7 heteroatoms. The van der Waals surface area contributed by atoms with Gasteiger partial charge in [0.25, 0.3) is 0 Å². The van der Waals surface area contributed by atoms with Crippen molar-refractivity contribution < 1.29 is 14.7 Å². The maximum Gasteiger partial charge on any atom is 0.335 e. The van der Waals surface area contributed by atoms with Crippen LogP contribution in [-0.4, -0.2) is 27.0 Å². The van der Waals surface area contributed by atoms with Crippen molar-refractivity contribution in [1.82, 2.24) is 15.3 Å². The fraction of sp³-hybridized carbons (Fsp3) is 0.231. The first-order chi connectivity index (χ1) is 9.54. The van der Waals surface area contributed by atoms with E-state index < -0.39 is 5.97 Å². The summed E-state index contributed by atoms with van der Waals surface area (Å²) in [6.45, 7) is 2.08. The van der Waals surface area contributed by atoms with Crippen LogP contribution in [0.3, 0.4) is 0 Å². The molecule has 2 aromatic heterocycles. The largest absolute Gasteiger partial charge is 0.478 e. The van der Waals surface area contributed by atoms with E-state index in [-0.39, 0.29) is 24.4 Å². The van der Waals surface area contributed by atoms with Gasteiger partial charge in [0.2, 0.25) is 5.91 Å². The number of rotatable bonds is 5. The van der Waals surface area contributed by atoms with Gasteiger partial charge in [0.15, 0.2) is 0 Å². The Bertz CT molecular complexity index is 639. The van der Waals surface area contributed by atoms with Crippen LogP contribution in [0.1, 0.15) is 26.8 Å². The highest BCUT2D eigenvalue weighted by molar-refractivity contribution is 7.09. The molecule has 0 fully saturated rings. The lowest BCUT2D eigenvalue weighted by Crippen LogP contribution is -2.25. The molecule has 0 aliphatic carbocycles. The lowest BCUT2D eigenvalue weighted by atomic mass is 10.2. The van der Waals surface area contributed by atoms with Crippen molar-refractivity contribution in [2.24, 2.45) is 0 Å². The molecule has 0 atom stereocenters. The molecule has 0 aliphatic heterocycles. The van der Waals surface area contributed by atoms with Crippen molar-refractivity contribution in [3.05, 3.63) is 45.7 Å². The van der Waals surface area contributed by atoms with Crippen LogP contribution in [-0.2, 0) is 17.8 Å². The molecule has 2 rings (SSSR count). The van der Waals surface area contributed by atoms with E-state index in [1.165, 1.54) is 29.7 Å². The molecule has 0 saturated carbocycles. The van der Waals surface area contributed by atoms with Gasteiger partial charge in [-0.2, -0.15) is 0 Å². The number of thiazole rings is 1. The summed E-state index contributed by atoms with van der Waals surface area (Å²) in [5, 5.41) is 14.3. The van der Waals surface area contributed by atoms with Gasteiger partial charge in [0.05, 0.1) is 34.9 Å². The Hall–Kier alpha value is -2.28. The minimum absolute atomic E-state index is 0.152. The number of carboxylic acid groups (broad SMARTS) is 1. The van der Waals surface area contributed by atoms with Crippen molar-refractivity contribution in [2.45, 2.75) is 19.9 Å². The van der Waals surface area contributed by atoms with Gasteiger partial charge in [0.1, 0.15) is 0 Å². The van der Waals surface area contributed by atoms with E-state index in [9.17, 15) is 9.59 Å². The monoisotopic (exact) mass is 291 g/mol. The number of pyridine rings is 1. The van der Waals surface area contributed by atoms with Crippen molar-refractivity contribution in [2.75, 3.05) is 0 Å². The molecule has 20 heavy (non-hydrogen) atoms. The van der Waals surface area contributed by atoms with Gasteiger partial charge in [-0.3, -0.25) is 9.78 Å². The third-order valence-electron chi connectivity index (χ3n) is 2.54. The molecule has 0 spiro atoms. The van der Waals surface area contributed by atoms with Crippen LogP contribution in [0.4, 0.5) is 0 Å². The molecule has 104 valence electrons. The van der Waals surface area contributed by atoms with E-state index in [1.807, 2.05) is 12.3 Å². The summed E-state index contributed by atoms with van der Waals surface area (Å²) >= 11 is 1.50. The molecule has 0 aliphatic rings. The number of aromatic nitrogens is 2. The molecule has 0 aromatic carbocycles. The highest BCUT2D eigenvalue weighted by atomic mass is 32.1. The standard InChI is InChI=1S/C13H13N3O3S/c1-8-16-11(7-20-8)5-12(17)15-6-10-4-9(13(18)19)2-3-14-10/h2-4,7H,5-6H2,1H3,(H,15,17)(H,18,19). The van der Waals surface area contributed by atoms with Crippen LogP contribution >= 0.6 is 11.3 Å². The van der Waals surface area contributed by atoms with Crippen LogP contribution < -0.4 is 5.32 Å². The summed E-state index contributed by atoms with van der Waals surface area (Å²) in [5.41, 5.74) is 1.39. The Labute approximate surface area is 119 Å². The third kappa shape index (κ3) is 3.86. The predicted molar refractivity (Wildman–Crippen MR) is 73.6 cm³/mol. The first kappa shape index (κ1) is 14.1. The minimum Gasteiger partial charge on any atom is -0.478 e. The second kappa shape index (κ2) is 6.25. The van der Waals surface area contributed by atoms with Crippen molar-refractivity contribution in [1.29, 1.82) is 0 Å². The zero-order chi connectivity index (χ0) is 14.5. The summed E-state index contributed by atoms with van der Waals surface area (Å²) in [5.74, 6) is -1.18. The van der Waals surface area contributed by atoms with Crippen LogP contribution in [0.2, 0.25) is 0 Å². The number of carbonyl (C=O) groups is 2. The number of aryl methyl sites for hydroxylation is 1. The Morgan fingerprint density at radius 1 is 1.40 bits per heavy atom. The smallest absolute Gasteiger partial charge is 0.335 e. The first-order valence-corrected chi connectivity index (χ1v) is 6.78. The molecule has 0 radical (unpaired) electrons. The second-order valence-corrected chi connectivity index (χ2v) is 5.21. The number of carboxylic acids is 1. The maximum absolute atomic E-state index is 11.7. The molecular weight excluding hydrogens is 278 g/mol. The highest BCUT2D eigenvalue weighted by Crippen LogP contribution is 2.08. The topological polar surface area (TPSA) is 92.2 Å². The molecular formula is C13H13N3O3S. The fourth-order valence-corrected chi connectivity index (χ4v) is 2.23.